The molecule has 0 fully saturated rings. The van der Waals surface area contributed by atoms with Crippen molar-refractivity contribution in [1.82, 2.24) is 15.0 Å². The lowest BCUT2D eigenvalue weighted by molar-refractivity contribution is -0.130. The molecule has 5 rings (SSSR count). The van der Waals surface area contributed by atoms with Gasteiger partial charge in [0.2, 0.25) is 0 Å². The van der Waals surface area contributed by atoms with Crippen LogP contribution in [0.2, 0.25) is 0 Å². The highest BCUT2D eigenvalue weighted by atomic mass is 79.9. The number of H-pyrrole nitrogens is 1. The zero-order valence-electron chi connectivity index (χ0n) is 17.9. The lowest BCUT2D eigenvalue weighted by Gasteiger charge is -2.22. The van der Waals surface area contributed by atoms with Gasteiger partial charge in [-0.3, -0.25) is 4.79 Å². The van der Waals surface area contributed by atoms with Gasteiger partial charge in [-0.2, -0.15) is 5.10 Å². The van der Waals surface area contributed by atoms with Crippen molar-refractivity contribution in [3.8, 4) is 5.75 Å². The Balaban J connectivity index is 1.39. The number of thioether (sulfide) groups is 1. The van der Waals surface area contributed by atoms with E-state index >= 15 is 0 Å². The zero-order chi connectivity index (χ0) is 22.8. The summed E-state index contributed by atoms with van der Waals surface area (Å²) in [7, 11) is 1.64. The van der Waals surface area contributed by atoms with E-state index in [4.69, 9.17) is 9.84 Å². The average Bonchev–Trinajstić information content (AvgIpc) is 3.48. The number of imidazole rings is 1. The summed E-state index contributed by atoms with van der Waals surface area (Å²) in [5.74, 6) is 0.960. The minimum absolute atomic E-state index is 0.0617. The van der Waals surface area contributed by atoms with E-state index in [1.165, 1.54) is 11.8 Å². The van der Waals surface area contributed by atoms with Crippen molar-refractivity contribution in [1.29, 1.82) is 0 Å². The van der Waals surface area contributed by atoms with Crippen molar-refractivity contribution in [3.05, 3.63) is 88.4 Å². The molecule has 1 unspecified atom stereocenters. The number of aromatic amines is 1. The van der Waals surface area contributed by atoms with E-state index < -0.39 is 0 Å². The lowest BCUT2D eigenvalue weighted by Crippen LogP contribution is -2.28. The van der Waals surface area contributed by atoms with Crippen molar-refractivity contribution in [2.75, 3.05) is 12.9 Å². The van der Waals surface area contributed by atoms with Crippen LogP contribution in [0.3, 0.4) is 0 Å². The molecule has 1 aromatic heterocycles. The van der Waals surface area contributed by atoms with E-state index in [9.17, 15) is 4.79 Å². The Hall–Kier alpha value is -3.10. The molecule has 1 aliphatic heterocycles. The topological polar surface area (TPSA) is 70.6 Å². The van der Waals surface area contributed by atoms with E-state index in [2.05, 4.69) is 25.9 Å². The SMILES string of the molecule is COc1ccc(C2CC(c3ccc(Br)cc3)=NN2C(=O)CSc2nc3ccccc3[nH]2)cc1. The Morgan fingerprint density at radius 1 is 1.12 bits per heavy atom. The molecule has 6 nitrogen and oxygen atoms in total. The van der Waals surface area contributed by atoms with Crippen LogP contribution >= 0.6 is 27.7 Å². The molecule has 33 heavy (non-hydrogen) atoms. The quantitative estimate of drug-likeness (QED) is 0.326. The normalized spacial score (nSPS) is 15.6. The fraction of sp³-hybridized carbons (Fsp3) is 0.160. The van der Waals surface area contributed by atoms with Gasteiger partial charge in [-0.15, -0.1) is 0 Å². The molecule has 0 aliphatic carbocycles. The molecule has 0 saturated carbocycles. The van der Waals surface area contributed by atoms with E-state index in [1.54, 1.807) is 12.1 Å². The number of para-hydroxylation sites is 2. The fourth-order valence-corrected chi connectivity index (χ4v) is 4.84. The maximum absolute atomic E-state index is 13.3. The van der Waals surface area contributed by atoms with Gasteiger partial charge in [0.1, 0.15) is 5.75 Å². The van der Waals surface area contributed by atoms with E-state index in [0.29, 0.717) is 6.42 Å². The summed E-state index contributed by atoms with van der Waals surface area (Å²) < 4.78 is 6.30. The maximum Gasteiger partial charge on any atom is 0.253 e. The molecule has 1 atom stereocenters. The molecule has 0 spiro atoms. The van der Waals surface area contributed by atoms with Crippen molar-refractivity contribution < 1.29 is 9.53 Å². The number of carbonyl (C=O) groups excluding carboxylic acids is 1. The Kier molecular flexibility index (Phi) is 6.20. The summed E-state index contributed by atoms with van der Waals surface area (Å²) in [6, 6.07) is 23.5. The van der Waals surface area contributed by atoms with Crippen molar-refractivity contribution in [2.45, 2.75) is 17.6 Å². The molecule has 4 aromatic rings. The molecule has 2 heterocycles. The molecule has 0 saturated heterocycles. The second-order valence-electron chi connectivity index (χ2n) is 7.63. The number of nitrogens with zero attached hydrogens (tertiary/aromatic N) is 3. The van der Waals surface area contributed by atoms with Gasteiger partial charge in [-0.1, -0.05) is 64.1 Å². The molecular formula is C25H21BrN4O2S. The van der Waals surface area contributed by atoms with Gasteiger partial charge in [0.05, 0.1) is 35.6 Å². The molecule has 8 heteroatoms. The molecule has 1 N–H and O–H groups in total. The summed E-state index contributed by atoms with van der Waals surface area (Å²) in [6.07, 6.45) is 0.648. The van der Waals surface area contributed by atoms with Crippen LogP contribution in [0.25, 0.3) is 11.0 Å². The highest BCUT2D eigenvalue weighted by Gasteiger charge is 2.33. The highest BCUT2D eigenvalue weighted by Crippen LogP contribution is 2.34. The molecule has 166 valence electrons. The molecule has 3 aromatic carbocycles. The third kappa shape index (κ3) is 4.67. The third-order valence-corrected chi connectivity index (χ3v) is 6.93. The van der Waals surface area contributed by atoms with Crippen molar-refractivity contribution in [3.63, 3.8) is 0 Å². The average molecular weight is 521 g/mol. The first-order valence-corrected chi connectivity index (χ1v) is 12.3. The summed E-state index contributed by atoms with van der Waals surface area (Å²) in [4.78, 5) is 21.1. The first-order valence-electron chi connectivity index (χ1n) is 10.5. The number of methoxy groups -OCH3 is 1. The lowest BCUT2D eigenvalue weighted by atomic mass is 9.98. The fourth-order valence-electron chi connectivity index (χ4n) is 3.84. The first kappa shape index (κ1) is 21.7. The molecular weight excluding hydrogens is 500 g/mol. The number of halogens is 1. The smallest absolute Gasteiger partial charge is 0.253 e. The number of rotatable bonds is 6. The number of carbonyl (C=O) groups is 1. The van der Waals surface area contributed by atoms with Gasteiger partial charge in [0, 0.05) is 10.9 Å². The summed E-state index contributed by atoms with van der Waals surface area (Å²) in [6.45, 7) is 0. The zero-order valence-corrected chi connectivity index (χ0v) is 20.3. The van der Waals surface area contributed by atoms with Gasteiger partial charge in [-0.05, 0) is 47.5 Å². The van der Waals surface area contributed by atoms with Gasteiger partial charge in [0.15, 0.2) is 5.16 Å². The second kappa shape index (κ2) is 9.41. The first-order chi connectivity index (χ1) is 16.1. The van der Waals surface area contributed by atoms with E-state index in [1.807, 2.05) is 72.8 Å². The monoisotopic (exact) mass is 520 g/mol. The van der Waals surface area contributed by atoms with Crippen LogP contribution in [0, 0.1) is 0 Å². The van der Waals surface area contributed by atoms with Gasteiger partial charge in [-0.25, -0.2) is 9.99 Å². The van der Waals surface area contributed by atoms with E-state index in [-0.39, 0.29) is 17.7 Å². The maximum atomic E-state index is 13.3. The number of hydrogen-bond donors (Lipinski definition) is 1. The minimum atomic E-state index is -0.168. The van der Waals surface area contributed by atoms with Gasteiger partial charge < -0.3 is 9.72 Å². The Labute approximate surface area is 204 Å². The van der Waals surface area contributed by atoms with Crippen LogP contribution in [0.4, 0.5) is 0 Å². The molecule has 1 amide bonds. The van der Waals surface area contributed by atoms with Crippen LogP contribution < -0.4 is 4.74 Å². The molecule has 0 bridgehead atoms. The number of aromatic nitrogens is 2. The minimum Gasteiger partial charge on any atom is -0.497 e. The third-order valence-electron chi connectivity index (χ3n) is 5.54. The number of amides is 1. The van der Waals surface area contributed by atoms with Crippen molar-refractivity contribution in [2.24, 2.45) is 5.10 Å². The number of ether oxygens (including phenoxy) is 1. The Morgan fingerprint density at radius 2 is 1.88 bits per heavy atom. The number of fused-ring (bicyclic) bond motifs is 1. The predicted molar refractivity (Wildman–Crippen MR) is 135 cm³/mol. The van der Waals surface area contributed by atoms with Gasteiger partial charge >= 0.3 is 0 Å². The predicted octanol–water partition coefficient (Wildman–Crippen LogP) is 5.80. The van der Waals surface area contributed by atoms with Crippen molar-refractivity contribution >= 4 is 50.3 Å². The summed E-state index contributed by atoms with van der Waals surface area (Å²) in [5.41, 5.74) is 4.77. The summed E-state index contributed by atoms with van der Waals surface area (Å²) >= 11 is 4.87. The van der Waals surface area contributed by atoms with Gasteiger partial charge in [0.25, 0.3) is 5.91 Å². The Morgan fingerprint density at radius 3 is 2.61 bits per heavy atom. The van der Waals surface area contributed by atoms with Crippen LogP contribution in [0.1, 0.15) is 23.6 Å². The van der Waals surface area contributed by atoms with E-state index in [0.717, 1.165) is 43.3 Å². The second-order valence-corrected chi connectivity index (χ2v) is 9.51. The van der Waals surface area contributed by atoms with Crippen LogP contribution in [0.15, 0.2) is 87.5 Å². The molecule has 1 aliphatic rings. The highest BCUT2D eigenvalue weighted by molar-refractivity contribution is 9.10. The van der Waals surface area contributed by atoms with Crippen LogP contribution in [0.5, 0.6) is 5.75 Å². The largest absolute Gasteiger partial charge is 0.497 e. The standard InChI is InChI=1S/C25H21BrN4O2S/c1-32-19-12-8-17(9-13-19)23-14-22(16-6-10-18(26)11-7-16)29-30(23)24(31)15-33-25-27-20-4-2-3-5-21(20)28-25/h2-13,23H,14-15H2,1H3,(H,27,28). The summed E-state index contributed by atoms with van der Waals surface area (Å²) in [5, 5.41) is 7.10. The number of nitrogens with one attached hydrogen (secondary N) is 1. The number of benzene rings is 3. The van der Waals surface area contributed by atoms with Crippen LogP contribution in [-0.4, -0.2) is 39.5 Å². The van der Waals surface area contributed by atoms with Crippen LogP contribution in [-0.2, 0) is 4.79 Å². The Bertz CT molecular complexity index is 1290. The number of hydrogen-bond acceptors (Lipinski definition) is 5. The number of hydrazone groups is 1. The molecule has 0 radical (unpaired) electrons.